The van der Waals surface area contributed by atoms with E-state index in [1.807, 2.05) is 31.2 Å². The lowest BCUT2D eigenvalue weighted by molar-refractivity contribution is 0.0277. The molecule has 0 radical (unpaired) electrons. The summed E-state index contributed by atoms with van der Waals surface area (Å²) in [4.78, 5) is 12.2. The molecule has 0 fully saturated rings. The maximum absolute atomic E-state index is 12.2. The number of hydrogen-bond donors (Lipinski definition) is 2. The number of nitrogens with one attached hydrogen (secondary N) is 1. The van der Waals surface area contributed by atoms with Gasteiger partial charge in [0.05, 0.1) is 19.3 Å². The maximum Gasteiger partial charge on any atom is 0.251 e. The van der Waals surface area contributed by atoms with Crippen LogP contribution in [0.4, 0.5) is 0 Å². The Balaban J connectivity index is 2.03. The van der Waals surface area contributed by atoms with Gasteiger partial charge in [-0.1, -0.05) is 47.5 Å². The summed E-state index contributed by atoms with van der Waals surface area (Å²) in [7, 11) is 0. The highest BCUT2D eigenvalue weighted by Crippen LogP contribution is 2.18. The SMILES string of the molecule is Cc1ccc(C(CNC(=O)c2cccc(Cl)c2)OCCO)cc1. The predicted molar refractivity (Wildman–Crippen MR) is 90.7 cm³/mol. The highest BCUT2D eigenvalue weighted by molar-refractivity contribution is 6.30. The number of benzene rings is 2. The van der Waals surface area contributed by atoms with Crippen molar-refractivity contribution in [2.75, 3.05) is 19.8 Å². The van der Waals surface area contributed by atoms with Gasteiger partial charge in [0, 0.05) is 17.1 Å². The first-order chi connectivity index (χ1) is 11.1. The molecule has 2 aromatic rings. The number of carbonyl (C=O) groups is 1. The van der Waals surface area contributed by atoms with Crippen molar-refractivity contribution in [1.82, 2.24) is 5.32 Å². The molecule has 0 aliphatic carbocycles. The van der Waals surface area contributed by atoms with Gasteiger partial charge in [-0.3, -0.25) is 4.79 Å². The van der Waals surface area contributed by atoms with Crippen LogP contribution >= 0.6 is 11.6 Å². The number of carbonyl (C=O) groups excluding carboxylic acids is 1. The Kier molecular flexibility index (Phi) is 6.59. The molecule has 122 valence electrons. The van der Waals surface area contributed by atoms with Crippen molar-refractivity contribution in [3.8, 4) is 0 Å². The van der Waals surface area contributed by atoms with Gasteiger partial charge in [-0.25, -0.2) is 0 Å². The third-order valence-corrected chi connectivity index (χ3v) is 3.63. The highest BCUT2D eigenvalue weighted by Gasteiger charge is 2.14. The fourth-order valence-electron chi connectivity index (χ4n) is 2.17. The van der Waals surface area contributed by atoms with Gasteiger partial charge in [-0.05, 0) is 30.7 Å². The number of aryl methyl sites for hydroxylation is 1. The van der Waals surface area contributed by atoms with Crippen molar-refractivity contribution in [1.29, 1.82) is 0 Å². The molecule has 2 N–H and O–H groups in total. The number of ether oxygens (including phenoxy) is 1. The number of amides is 1. The molecule has 1 unspecified atom stereocenters. The smallest absolute Gasteiger partial charge is 0.251 e. The van der Waals surface area contributed by atoms with E-state index in [-0.39, 0.29) is 25.2 Å². The molecule has 0 aliphatic rings. The molecule has 5 heteroatoms. The van der Waals surface area contributed by atoms with Crippen LogP contribution in [0.25, 0.3) is 0 Å². The average Bonchev–Trinajstić information content (AvgIpc) is 2.56. The molecule has 0 bridgehead atoms. The van der Waals surface area contributed by atoms with Crippen molar-refractivity contribution in [3.05, 3.63) is 70.2 Å². The monoisotopic (exact) mass is 333 g/mol. The van der Waals surface area contributed by atoms with E-state index >= 15 is 0 Å². The molecule has 0 aromatic heterocycles. The summed E-state index contributed by atoms with van der Waals surface area (Å²) in [6.07, 6.45) is -0.314. The van der Waals surface area contributed by atoms with Gasteiger partial charge in [0.1, 0.15) is 0 Å². The van der Waals surface area contributed by atoms with E-state index in [9.17, 15) is 4.79 Å². The first-order valence-corrected chi connectivity index (χ1v) is 7.80. The molecule has 1 atom stereocenters. The van der Waals surface area contributed by atoms with Gasteiger partial charge >= 0.3 is 0 Å². The number of aliphatic hydroxyl groups excluding tert-OH is 1. The minimum atomic E-state index is -0.314. The van der Waals surface area contributed by atoms with Crippen LogP contribution in [-0.2, 0) is 4.74 Å². The quantitative estimate of drug-likeness (QED) is 0.818. The van der Waals surface area contributed by atoms with E-state index in [2.05, 4.69) is 5.32 Å². The number of rotatable bonds is 7. The van der Waals surface area contributed by atoms with Crippen LogP contribution < -0.4 is 5.32 Å². The van der Waals surface area contributed by atoms with Crippen LogP contribution in [0.1, 0.15) is 27.6 Å². The molecule has 0 aliphatic heterocycles. The summed E-state index contributed by atoms with van der Waals surface area (Å²) >= 11 is 5.90. The lowest BCUT2D eigenvalue weighted by Crippen LogP contribution is -2.30. The summed E-state index contributed by atoms with van der Waals surface area (Å²) in [5.74, 6) is -0.211. The van der Waals surface area contributed by atoms with E-state index in [1.54, 1.807) is 24.3 Å². The zero-order valence-corrected chi connectivity index (χ0v) is 13.7. The second kappa shape index (κ2) is 8.67. The number of hydrogen-bond acceptors (Lipinski definition) is 3. The van der Waals surface area contributed by atoms with Crippen molar-refractivity contribution in [2.45, 2.75) is 13.0 Å². The van der Waals surface area contributed by atoms with Gasteiger partial charge in [-0.2, -0.15) is 0 Å². The van der Waals surface area contributed by atoms with Crippen molar-refractivity contribution in [3.63, 3.8) is 0 Å². The van der Waals surface area contributed by atoms with E-state index in [4.69, 9.17) is 21.4 Å². The molecule has 23 heavy (non-hydrogen) atoms. The van der Waals surface area contributed by atoms with Crippen molar-refractivity contribution < 1.29 is 14.6 Å². The second-order valence-corrected chi connectivity index (χ2v) is 5.65. The lowest BCUT2D eigenvalue weighted by atomic mass is 10.1. The molecule has 2 rings (SSSR count). The van der Waals surface area contributed by atoms with Crippen molar-refractivity contribution >= 4 is 17.5 Å². The van der Waals surface area contributed by atoms with E-state index in [0.29, 0.717) is 17.1 Å². The Hall–Kier alpha value is -1.88. The molecule has 4 nitrogen and oxygen atoms in total. The van der Waals surface area contributed by atoms with Gasteiger partial charge in [-0.15, -0.1) is 0 Å². The van der Waals surface area contributed by atoms with Crippen LogP contribution in [-0.4, -0.2) is 30.8 Å². The Labute approximate surface area is 141 Å². The molecular formula is C18H20ClNO3. The molecule has 2 aromatic carbocycles. The predicted octanol–water partition coefficient (Wildman–Crippen LogP) is 3.13. The minimum absolute atomic E-state index is 0.0649. The van der Waals surface area contributed by atoms with Crippen LogP contribution in [0.3, 0.4) is 0 Å². The zero-order chi connectivity index (χ0) is 16.7. The molecule has 1 amide bonds. The summed E-state index contributed by atoms with van der Waals surface area (Å²) in [5.41, 5.74) is 2.61. The molecule has 0 saturated heterocycles. The minimum Gasteiger partial charge on any atom is -0.394 e. The van der Waals surface area contributed by atoms with E-state index in [0.717, 1.165) is 11.1 Å². The summed E-state index contributed by atoms with van der Waals surface area (Å²) in [6, 6.07) is 14.7. The Morgan fingerprint density at radius 2 is 2.00 bits per heavy atom. The fraction of sp³-hybridized carbons (Fsp3) is 0.278. The lowest BCUT2D eigenvalue weighted by Gasteiger charge is -2.19. The summed E-state index contributed by atoms with van der Waals surface area (Å²) in [5, 5.41) is 12.3. The average molecular weight is 334 g/mol. The van der Waals surface area contributed by atoms with Gasteiger partial charge < -0.3 is 15.2 Å². The van der Waals surface area contributed by atoms with E-state index in [1.165, 1.54) is 0 Å². The highest BCUT2D eigenvalue weighted by atomic mass is 35.5. The standard InChI is InChI=1S/C18H20ClNO3/c1-13-5-7-14(8-6-13)17(23-10-9-21)12-20-18(22)15-3-2-4-16(19)11-15/h2-8,11,17,21H,9-10,12H2,1H3,(H,20,22). The fourth-order valence-corrected chi connectivity index (χ4v) is 2.36. The third kappa shape index (κ3) is 5.36. The summed E-state index contributed by atoms with van der Waals surface area (Å²) in [6.45, 7) is 2.47. The van der Waals surface area contributed by atoms with Crippen LogP contribution in [0, 0.1) is 6.92 Å². The van der Waals surface area contributed by atoms with Crippen LogP contribution in [0.15, 0.2) is 48.5 Å². The molecule has 0 heterocycles. The molecular weight excluding hydrogens is 314 g/mol. The first-order valence-electron chi connectivity index (χ1n) is 7.43. The van der Waals surface area contributed by atoms with Gasteiger partial charge in [0.15, 0.2) is 0 Å². The normalized spacial score (nSPS) is 12.0. The number of aliphatic hydroxyl groups is 1. The third-order valence-electron chi connectivity index (χ3n) is 3.39. The van der Waals surface area contributed by atoms with Gasteiger partial charge in [0.2, 0.25) is 0 Å². The van der Waals surface area contributed by atoms with Gasteiger partial charge in [0.25, 0.3) is 5.91 Å². The Morgan fingerprint density at radius 1 is 1.26 bits per heavy atom. The van der Waals surface area contributed by atoms with Crippen LogP contribution in [0.5, 0.6) is 0 Å². The van der Waals surface area contributed by atoms with Crippen LogP contribution in [0.2, 0.25) is 5.02 Å². The number of halogens is 1. The second-order valence-electron chi connectivity index (χ2n) is 5.21. The molecule has 0 spiro atoms. The van der Waals surface area contributed by atoms with Crippen molar-refractivity contribution in [2.24, 2.45) is 0 Å². The largest absolute Gasteiger partial charge is 0.394 e. The van der Waals surface area contributed by atoms with E-state index < -0.39 is 0 Å². The maximum atomic E-state index is 12.2. The Bertz CT molecular complexity index is 643. The molecule has 0 saturated carbocycles. The first kappa shape index (κ1) is 17.5. The topological polar surface area (TPSA) is 58.6 Å². The zero-order valence-electron chi connectivity index (χ0n) is 13.0. The Morgan fingerprint density at radius 3 is 2.65 bits per heavy atom. The summed E-state index contributed by atoms with van der Waals surface area (Å²) < 4.78 is 5.64.